The van der Waals surface area contributed by atoms with Gasteiger partial charge in [0.25, 0.3) is 0 Å². The van der Waals surface area contributed by atoms with Gasteiger partial charge in [0.1, 0.15) is 0 Å². The number of aromatic nitrogens is 2. The lowest BCUT2D eigenvalue weighted by atomic mass is 10.1. The largest absolute Gasteiger partial charge is 0.339 e. The lowest BCUT2D eigenvalue weighted by Crippen LogP contribution is -2.26. The zero-order chi connectivity index (χ0) is 12.8. The van der Waals surface area contributed by atoms with E-state index in [1.807, 2.05) is 18.8 Å². The number of hydrogen-bond acceptors (Lipinski definition) is 5. The predicted molar refractivity (Wildman–Crippen MR) is 74.7 cm³/mol. The average Bonchev–Trinajstić information content (AvgIpc) is 3.05. The molecule has 0 saturated heterocycles. The third-order valence-corrected chi connectivity index (χ3v) is 4.95. The van der Waals surface area contributed by atoms with Crippen LogP contribution < -0.4 is 5.32 Å². The Morgan fingerprint density at radius 3 is 2.89 bits per heavy atom. The number of nitrogens with one attached hydrogen (secondary N) is 1. The van der Waals surface area contributed by atoms with Crippen molar-refractivity contribution in [1.29, 1.82) is 0 Å². The molecule has 0 radical (unpaired) electrons. The molecule has 1 aliphatic rings. The van der Waals surface area contributed by atoms with E-state index in [4.69, 9.17) is 4.52 Å². The Labute approximate surface area is 113 Å². The molecule has 18 heavy (non-hydrogen) atoms. The molecule has 5 heteroatoms. The maximum atomic E-state index is 5.30. The van der Waals surface area contributed by atoms with Crippen molar-refractivity contribution in [2.45, 2.75) is 62.5 Å². The van der Waals surface area contributed by atoms with Gasteiger partial charge in [0.05, 0.1) is 5.75 Å². The zero-order valence-corrected chi connectivity index (χ0v) is 12.1. The maximum Gasteiger partial charge on any atom is 0.228 e. The van der Waals surface area contributed by atoms with E-state index in [0.717, 1.165) is 35.6 Å². The second kappa shape index (κ2) is 7.14. The van der Waals surface area contributed by atoms with Crippen LogP contribution in [0.1, 0.15) is 50.7 Å². The van der Waals surface area contributed by atoms with Crippen molar-refractivity contribution in [3.8, 4) is 0 Å². The van der Waals surface area contributed by atoms with Crippen molar-refractivity contribution in [3.63, 3.8) is 0 Å². The molecular formula is C13H23N3OS. The number of nitrogens with zero attached hydrogens (tertiary/aromatic N) is 2. The highest BCUT2D eigenvalue weighted by Crippen LogP contribution is 2.30. The first-order chi connectivity index (χ1) is 8.81. The Morgan fingerprint density at radius 2 is 2.22 bits per heavy atom. The minimum Gasteiger partial charge on any atom is -0.339 e. The van der Waals surface area contributed by atoms with E-state index in [1.165, 1.54) is 25.7 Å². The van der Waals surface area contributed by atoms with Crippen molar-refractivity contribution in [1.82, 2.24) is 15.5 Å². The summed E-state index contributed by atoms with van der Waals surface area (Å²) in [5.74, 6) is 2.51. The average molecular weight is 269 g/mol. The Balaban J connectivity index is 1.78. The van der Waals surface area contributed by atoms with Gasteiger partial charge in [-0.15, -0.1) is 0 Å². The summed E-state index contributed by atoms with van der Waals surface area (Å²) in [6.45, 7) is 2.16. The van der Waals surface area contributed by atoms with Crippen LogP contribution in [0.4, 0.5) is 0 Å². The van der Waals surface area contributed by atoms with Gasteiger partial charge in [-0.25, -0.2) is 0 Å². The fourth-order valence-electron chi connectivity index (χ4n) is 2.34. The molecule has 1 N–H and O–H groups in total. The Kier molecular flexibility index (Phi) is 5.50. The van der Waals surface area contributed by atoms with Crippen LogP contribution in [-0.2, 0) is 12.2 Å². The van der Waals surface area contributed by atoms with Crippen LogP contribution in [0.25, 0.3) is 0 Å². The summed E-state index contributed by atoms with van der Waals surface area (Å²) in [7, 11) is 1.97. The molecule has 4 nitrogen and oxygen atoms in total. The molecule has 0 amide bonds. The highest BCUT2D eigenvalue weighted by Gasteiger charge is 2.17. The fraction of sp³-hybridized carbons (Fsp3) is 0.846. The maximum absolute atomic E-state index is 5.30. The summed E-state index contributed by atoms with van der Waals surface area (Å²) in [5.41, 5.74) is 0. The summed E-state index contributed by atoms with van der Waals surface area (Å²) >= 11 is 1.98. The molecule has 0 spiro atoms. The smallest absolute Gasteiger partial charge is 0.228 e. The summed E-state index contributed by atoms with van der Waals surface area (Å²) in [5, 5.41) is 8.13. The second-order valence-corrected chi connectivity index (χ2v) is 6.21. The normalized spacial score (nSPS) is 18.3. The highest BCUT2D eigenvalue weighted by molar-refractivity contribution is 7.99. The second-order valence-electron chi connectivity index (χ2n) is 4.92. The molecule has 1 atom stereocenters. The monoisotopic (exact) mass is 269 g/mol. The quantitative estimate of drug-likeness (QED) is 0.825. The SMILES string of the molecule is CCC(Cc1nc(CSC2CCCC2)no1)NC. The minimum atomic E-state index is 0.431. The van der Waals surface area contributed by atoms with E-state index < -0.39 is 0 Å². The Hall–Kier alpha value is -0.550. The van der Waals surface area contributed by atoms with E-state index in [-0.39, 0.29) is 0 Å². The molecule has 1 aliphatic carbocycles. The molecule has 1 saturated carbocycles. The summed E-state index contributed by atoms with van der Waals surface area (Å²) in [6.07, 6.45) is 7.38. The molecule has 1 aromatic heterocycles. The summed E-state index contributed by atoms with van der Waals surface area (Å²) in [4.78, 5) is 4.47. The minimum absolute atomic E-state index is 0.431. The third kappa shape index (κ3) is 3.99. The standard InChI is InChI=1S/C13H23N3OS/c1-3-10(14-2)8-13-15-12(16-17-13)9-18-11-6-4-5-7-11/h10-11,14H,3-9H2,1-2H3. The highest BCUT2D eigenvalue weighted by atomic mass is 32.2. The van der Waals surface area contributed by atoms with E-state index in [0.29, 0.717) is 6.04 Å². The number of hydrogen-bond donors (Lipinski definition) is 1. The number of rotatable bonds is 7. The van der Waals surface area contributed by atoms with E-state index in [2.05, 4.69) is 22.4 Å². The van der Waals surface area contributed by atoms with Gasteiger partial charge in [-0.3, -0.25) is 0 Å². The van der Waals surface area contributed by atoms with Gasteiger partial charge < -0.3 is 9.84 Å². The van der Waals surface area contributed by atoms with Crippen LogP contribution in [-0.4, -0.2) is 28.5 Å². The third-order valence-electron chi connectivity index (χ3n) is 3.58. The molecular weight excluding hydrogens is 246 g/mol. The predicted octanol–water partition coefficient (Wildman–Crippen LogP) is 2.79. The van der Waals surface area contributed by atoms with Gasteiger partial charge in [0.2, 0.25) is 5.89 Å². The van der Waals surface area contributed by atoms with Gasteiger partial charge in [-0.1, -0.05) is 24.9 Å². The molecule has 1 unspecified atom stereocenters. The fourth-order valence-corrected chi connectivity index (χ4v) is 3.51. The Bertz CT molecular complexity index is 346. The van der Waals surface area contributed by atoms with Crippen LogP contribution in [0.2, 0.25) is 0 Å². The number of thioether (sulfide) groups is 1. The van der Waals surface area contributed by atoms with Gasteiger partial charge in [-0.2, -0.15) is 16.7 Å². The Morgan fingerprint density at radius 1 is 1.44 bits per heavy atom. The molecule has 0 bridgehead atoms. The lowest BCUT2D eigenvalue weighted by Gasteiger charge is -2.09. The van der Waals surface area contributed by atoms with Crippen molar-refractivity contribution in [3.05, 3.63) is 11.7 Å². The first-order valence-corrected chi connectivity index (χ1v) is 7.97. The molecule has 1 aromatic rings. The van der Waals surface area contributed by atoms with Gasteiger partial charge in [-0.05, 0) is 26.3 Å². The van der Waals surface area contributed by atoms with Crippen molar-refractivity contribution in [2.24, 2.45) is 0 Å². The van der Waals surface area contributed by atoms with Crippen LogP contribution in [0, 0.1) is 0 Å². The summed E-state index contributed by atoms with van der Waals surface area (Å²) in [6, 6.07) is 0.431. The van der Waals surface area contributed by atoms with Gasteiger partial charge in [0.15, 0.2) is 5.82 Å². The summed E-state index contributed by atoms with van der Waals surface area (Å²) < 4.78 is 5.30. The van der Waals surface area contributed by atoms with Crippen molar-refractivity contribution in [2.75, 3.05) is 7.05 Å². The zero-order valence-electron chi connectivity index (χ0n) is 11.3. The van der Waals surface area contributed by atoms with E-state index >= 15 is 0 Å². The molecule has 0 aliphatic heterocycles. The lowest BCUT2D eigenvalue weighted by molar-refractivity contribution is 0.356. The molecule has 2 rings (SSSR count). The van der Waals surface area contributed by atoms with Crippen LogP contribution >= 0.6 is 11.8 Å². The molecule has 1 fully saturated rings. The van der Waals surface area contributed by atoms with Crippen LogP contribution in [0.3, 0.4) is 0 Å². The van der Waals surface area contributed by atoms with Crippen LogP contribution in [0.5, 0.6) is 0 Å². The van der Waals surface area contributed by atoms with Gasteiger partial charge >= 0.3 is 0 Å². The molecule has 102 valence electrons. The van der Waals surface area contributed by atoms with Crippen molar-refractivity contribution < 1.29 is 4.52 Å². The van der Waals surface area contributed by atoms with E-state index in [9.17, 15) is 0 Å². The van der Waals surface area contributed by atoms with Gasteiger partial charge in [0, 0.05) is 17.7 Å². The number of likely N-dealkylation sites (N-methyl/N-ethyl adjacent to an activating group) is 1. The van der Waals surface area contributed by atoms with Crippen molar-refractivity contribution >= 4 is 11.8 Å². The van der Waals surface area contributed by atoms with Crippen LogP contribution in [0.15, 0.2) is 4.52 Å². The van der Waals surface area contributed by atoms with E-state index in [1.54, 1.807) is 0 Å². The first-order valence-electron chi connectivity index (χ1n) is 6.92. The molecule has 1 heterocycles. The molecule has 0 aromatic carbocycles. The first kappa shape index (κ1) is 13.9. The topological polar surface area (TPSA) is 51.0 Å².